The highest BCUT2D eigenvalue weighted by Crippen LogP contribution is 2.35. The maximum absolute atomic E-state index is 12.2. The molecule has 4 heteroatoms. The van der Waals surface area contributed by atoms with Gasteiger partial charge < -0.3 is 15.3 Å². The van der Waals surface area contributed by atoms with Crippen LogP contribution in [0, 0.1) is 17.3 Å². The zero-order valence-corrected chi connectivity index (χ0v) is 17.0. The minimum Gasteiger partial charge on any atom is -0.396 e. The molecule has 4 atom stereocenters. The van der Waals surface area contributed by atoms with Crippen LogP contribution in [0.15, 0.2) is 12.2 Å². The highest BCUT2D eigenvalue weighted by atomic mass is 16.3. The van der Waals surface area contributed by atoms with Crippen molar-refractivity contribution in [3.05, 3.63) is 12.2 Å². The molecule has 0 unspecified atom stereocenters. The zero-order valence-electron chi connectivity index (χ0n) is 17.0. The molecule has 152 valence electrons. The minimum atomic E-state index is -0.584. The lowest BCUT2D eigenvalue weighted by Gasteiger charge is -2.29. The number of Topliss-reactive ketones (excluding diaryl/α,β-unsaturated/α-hetero) is 1. The van der Waals surface area contributed by atoms with Crippen LogP contribution < -0.4 is 0 Å². The Morgan fingerprint density at radius 1 is 1.19 bits per heavy atom. The fourth-order valence-corrected chi connectivity index (χ4v) is 4.09. The van der Waals surface area contributed by atoms with Crippen LogP contribution in [0.4, 0.5) is 0 Å². The van der Waals surface area contributed by atoms with Crippen molar-refractivity contribution in [3.8, 4) is 0 Å². The van der Waals surface area contributed by atoms with Gasteiger partial charge in [-0.2, -0.15) is 0 Å². The van der Waals surface area contributed by atoms with E-state index < -0.39 is 12.2 Å². The molecule has 0 aromatic rings. The van der Waals surface area contributed by atoms with Crippen molar-refractivity contribution in [1.82, 2.24) is 0 Å². The summed E-state index contributed by atoms with van der Waals surface area (Å²) in [5.74, 6) is -0.0179. The Labute approximate surface area is 159 Å². The fraction of sp³-hybridized carbons (Fsp3) is 0.864. The lowest BCUT2D eigenvalue weighted by Crippen LogP contribution is -2.28. The molecule has 26 heavy (non-hydrogen) atoms. The van der Waals surface area contributed by atoms with E-state index >= 15 is 0 Å². The van der Waals surface area contributed by atoms with Gasteiger partial charge in [-0.25, -0.2) is 0 Å². The number of aliphatic hydroxyl groups is 3. The van der Waals surface area contributed by atoms with Crippen molar-refractivity contribution in [2.45, 2.75) is 97.2 Å². The minimum absolute atomic E-state index is 0.0834. The molecule has 0 amide bonds. The van der Waals surface area contributed by atoms with Gasteiger partial charge in [-0.05, 0) is 31.1 Å². The molecule has 1 fully saturated rings. The van der Waals surface area contributed by atoms with Crippen molar-refractivity contribution in [2.24, 2.45) is 17.3 Å². The molecule has 0 saturated heterocycles. The first-order valence-electron chi connectivity index (χ1n) is 10.5. The van der Waals surface area contributed by atoms with E-state index in [4.69, 9.17) is 5.11 Å². The van der Waals surface area contributed by atoms with Crippen LogP contribution in [-0.4, -0.2) is 39.9 Å². The maximum Gasteiger partial charge on any atom is 0.139 e. The van der Waals surface area contributed by atoms with E-state index in [1.807, 2.05) is 12.2 Å². The van der Waals surface area contributed by atoms with Gasteiger partial charge in [0.1, 0.15) is 5.78 Å². The summed E-state index contributed by atoms with van der Waals surface area (Å²) in [5.41, 5.74) is -0.114. The normalized spacial score (nSPS) is 25.3. The highest BCUT2D eigenvalue weighted by Gasteiger charge is 2.39. The van der Waals surface area contributed by atoms with Gasteiger partial charge in [-0.15, -0.1) is 0 Å². The second kappa shape index (κ2) is 11.9. The molecule has 0 aliphatic heterocycles. The Morgan fingerprint density at radius 3 is 2.50 bits per heavy atom. The van der Waals surface area contributed by atoms with E-state index in [0.29, 0.717) is 6.42 Å². The van der Waals surface area contributed by atoms with Gasteiger partial charge in [-0.1, -0.05) is 65.0 Å². The Bertz CT molecular complexity index is 430. The van der Waals surface area contributed by atoms with Gasteiger partial charge in [0.25, 0.3) is 0 Å². The second-order valence-electron chi connectivity index (χ2n) is 8.62. The molecule has 0 radical (unpaired) electrons. The largest absolute Gasteiger partial charge is 0.396 e. The Morgan fingerprint density at radius 2 is 1.85 bits per heavy atom. The van der Waals surface area contributed by atoms with Gasteiger partial charge >= 0.3 is 0 Å². The summed E-state index contributed by atoms with van der Waals surface area (Å²) in [6, 6.07) is 0. The van der Waals surface area contributed by atoms with Crippen molar-refractivity contribution in [2.75, 3.05) is 6.61 Å². The number of ketones is 1. The smallest absolute Gasteiger partial charge is 0.139 e. The van der Waals surface area contributed by atoms with Gasteiger partial charge in [0.2, 0.25) is 0 Å². The number of rotatable bonds is 13. The Balaban J connectivity index is 2.49. The Kier molecular flexibility index (Phi) is 10.7. The van der Waals surface area contributed by atoms with E-state index in [1.54, 1.807) is 0 Å². The van der Waals surface area contributed by atoms with Gasteiger partial charge in [-0.3, -0.25) is 4.79 Å². The first-order chi connectivity index (χ1) is 12.3. The average molecular weight is 369 g/mol. The molecular formula is C22H40O4. The fourth-order valence-electron chi connectivity index (χ4n) is 4.09. The summed E-state index contributed by atoms with van der Waals surface area (Å²) in [5, 5.41) is 29.5. The number of carbonyl (C=O) groups is 1. The molecular weight excluding hydrogens is 328 g/mol. The summed E-state index contributed by atoms with van der Waals surface area (Å²) >= 11 is 0. The number of hydrogen-bond donors (Lipinski definition) is 3. The van der Waals surface area contributed by atoms with E-state index in [1.165, 1.54) is 0 Å². The highest BCUT2D eigenvalue weighted by molar-refractivity contribution is 5.84. The number of unbranched alkanes of at least 4 members (excludes halogenated alkanes) is 4. The van der Waals surface area contributed by atoms with Crippen LogP contribution in [0.25, 0.3) is 0 Å². The van der Waals surface area contributed by atoms with Gasteiger partial charge in [0, 0.05) is 24.9 Å². The topological polar surface area (TPSA) is 77.8 Å². The summed E-state index contributed by atoms with van der Waals surface area (Å²) in [4.78, 5) is 12.2. The lowest BCUT2D eigenvalue weighted by atomic mass is 9.80. The zero-order chi connectivity index (χ0) is 19.6. The first kappa shape index (κ1) is 23.3. The summed E-state index contributed by atoms with van der Waals surface area (Å²) in [7, 11) is 0. The van der Waals surface area contributed by atoms with Crippen LogP contribution in [0.5, 0.6) is 0 Å². The van der Waals surface area contributed by atoms with Crippen LogP contribution >= 0.6 is 0 Å². The van der Waals surface area contributed by atoms with Crippen LogP contribution in [0.3, 0.4) is 0 Å². The third-order valence-electron chi connectivity index (χ3n) is 5.92. The number of hydrogen-bond acceptors (Lipinski definition) is 4. The SMILES string of the molecule is CCCC(C)(C)[C@H](O)CC=C[C@H]1[C@H](O)CC(=O)[C@@H]1CCCCCCCO. The van der Waals surface area contributed by atoms with E-state index in [2.05, 4.69) is 20.8 Å². The van der Waals surface area contributed by atoms with Gasteiger partial charge in [0.15, 0.2) is 0 Å². The first-order valence-corrected chi connectivity index (χ1v) is 10.5. The second-order valence-corrected chi connectivity index (χ2v) is 8.62. The van der Waals surface area contributed by atoms with Crippen LogP contribution in [0.1, 0.15) is 85.0 Å². The molecule has 0 aromatic carbocycles. The standard InChI is InChI=1S/C22H40O4/c1-4-14-22(2,3)21(26)13-10-12-18-17(19(24)16-20(18)25)11-8-6-5-7-9-15-23/h10,12,17-18,20-21,23,25-26H,4-9,11,13-16H2,1-3H3/t17-,18-,20-,21-/m1/s1. The molecule has 4 nitrogen and oxygen atoms in total. The molecule has 1 rings (SSSR count). The van der Waals surface area contributed by atoms with Crippen molar-refractivity contribution >= 4 is 5.78 Å². The summed E-state index contributed by atoms with van der Waals surface area (Å²) < 4.78 is 0. The third-order valence-corrected chi connectivity index (χ3v) is 5.92. The predicted molar refractivity (Wildman–Crippen MR) is 106 cm³/mol. The van der Waals surface area contributed by atoms with E-state index in [9.17, 15) is 15.0 Å². The summed E-state index contributed by atoms with van der Waals surface area (Å²) in [6.45, 7) is 6.55. The molecule has 0 heterocycles. The van der Waals surface area contributed by atoms with Crippen molar-refractivity contribution in [1.29, 1.82) is 0 Å². The quantitative estimate of drug-likeness (QED) is 0.339. The molecule has 1 aliphatic rings. The molecule has 1 aliphatic carbocycles. The summed E-state index contributed by atoms with van der Waals surface area (Å²) in [6.07, 6.45) is 11.6. The van der Waals surface area contributed by atoms with Crippen LogP contribution in [0.2, 0.25) is 0 Å². The van der Waals surface area contributed by atoms with Gasteiger partial charge in [0.05, 0.1) is 12.2 Å². The van der Waals surface area contributed by atoms with Crippen molar-refractivity contribution in [3.63, 3.8) is 0 Å². The van der Waals surface area contributed by atoms with E-state index in [0.717, 1.165) is 51.4 Å². The molecule has 0 spiro atoms. The predicted octanol–water partition coefficient (Wildman–Crippen LogP) is 4.02. The average Bonchev–Trinajstić information content (AvgIpc) is 2.84. The molecule has 0 bridgehead atoms. The number of aliphatic hydroxyl groups excluding tert-OH is 3. The number of carbonyl (C=O) groups excluding carboxylic acids is 1. The molecule has 0 aromatic heterocycles. The monoisotopic (exact) mass is 368 g/mol. The van der Waals surface area contributed by atoms with Crippen molar-refractivity contribution < 1.29 is 20.1 Å². The molecule has 1 saturated carbocycles. The van der Waals surface area contributed by atoms with E-state index in [-0.39, 0.29) is 36.1 Å². The maximum atomic E-state index is 12.2. The lowest BCUT2D eigenvalue weighted by molar-refractivity contribution is -0.121. The van der Waals surface area contributed by atoms with Crippen LogP contribution in [-0.2, 0) is 4.79 Å². The third kappa shape index (κ3) is 7.50. The Hall–Kier alpha value is -0.710. The molecule has 3 N–H and O–H groups in total.